The first-order valence-corrected chi connectivity index (χ1v) is 8.24. The number of likely N-dealkylation sites (tertiary alicyclic amines) is 1. The van der Waals surface area contributed by atoms with Crippen LogP contribution in [0.2, 0.25) is 0 Å². The fraction of sp³-hybridized carbons (Fsp3) is 0.824. The fourth-order valence-electron chi connectivity index (χ4n) is 2.31. The van der Waals surface area contributed by atoms with Crippen LogP contribution in [-0.2, 0) is 19.1 Å². The number of rotatable bonds is 5. The lowest BCUT2D eigenvalue weighted by Gasteiger charge is -2.32. The van der Waals surface area contributed by atoms with Crippen molar-refractivity contribution >= 4 is 17.8 Å². The Balaban J connectivity index is 2.36. The Labute approximate surface area is 138 Å². The number of amides is 1. The van der Waals surface area contributed by atoms with Crippen molar-refractivity contribution in [2.45, 2.75) is 59.5 Å². The summed E-state index contributed by atoms with van der Waals surface area (Å²) in [4.78, 5) is 37.3. The van der Waals surface area contributed by atoms with Gasteiger partial charge in [0.2, 0.25) is 0 Å². The molecule has 23 heavy (non-hydrogen) atoms. The van der Waals surface area contributed by atoms with Crippen molar-refractivity contribution in [2.75, 3.05) is 19.7 Å². The first kappa shape index (κ1) is 19.5. The monoisotopic (exact) mass is 327 g/mol. The number of esters is 1. The van der Waals surface area contributed by atoms with Gasteiger partial charge in [-0.15, -0.1) is 0 Å². The number of piperidine rings is 1. The summed E-state index contributed by atoms with van der Waals surface area (Å²) in [5.41, 5.74) is -0.524. The molecule has 0 aromatic heterocycles. The molecule has 1 aliphatic heterocycles. The molecule has 1 heterocycles. The Hall–Kier alpha value is -1.59. The number of ether oxygens (including phenoxy) is 2. The molecule has 0 radical (unpaired) electrons. The summed E-state index contributed by atoms with van der Waals surface area (Å²) in [5, 5.41) is 0. The number of ketones is 1. The third-order valence-corrected chi connectivity index (χ3v) is 3.50. The lowest BCUT2D eigenvalue weighted by Crippen LogP contribution is -2.43. The van der Waals surface area contributed by atoms with E-state index >= 15 is 0 Å². The van der Waals surface area contributed by atoms with Crippen molar-refractivity contribution in [1.82, 2.24) is 4.90 Å². The van der Waals surface area contributed by atoms with Crippen LogP contribution in [0, 0.1) is 11.8 Å². The topological polar surface area (TPSA) is 72.9 Å². The summed E-state index contributed by atoms with van der Waals surface area (Å²) < 4.78 is 10.4. The minimum Gasteiger partial charge on any atom is -0.465 e. The minimum atomic E-state index is -0.524. The van der Waals surface area contributed by atoms with Gasteiger partial charge in [-0.05, 0) is 39.5 Å². The molecule has 1 aliphatic rings. The second-order valence-electron chi connectivity index (χ2n) is 7.46. The average Bonchev–Trinajstić information content (AvgIpc) is 2.43. The highest BCUT2D eigenvalue weighted by molar-refractivity contribution is 5.96. The Morgan fingerprint density at radius 3 is 2.17 bits per heavy atom. The summed E-state index contributed by atoms with van der Waals surface area (Å²) in [7, 11) is 0. The quantitative estimate of drug-likeness (QED) is 0.573. The summed E-state index contributed by atoms with van der Waals surface area (Å²) >= 11 is 0. The molecule has 0 aromatic carbocycles. The summed E-state index contributed by atoms with van der Waals surface area (Å²) in [5.74, 6) is -0.479. The van der Waals surface area contributed by atoms with Gasteiger partial charge in [0.1, 0.15) is 17.8 Å². The van der Waals surface area contributed by atoms with E-state index in [1.807, 2.05) is 34.6 Å². The second kappa shape index (κ2) is 8.31. The molecule has 0 N–H and O–H groups in total. The van der Waals surface area contributed by atoms with Gasteiger partial charge in [0, 0.05) is 19.0 Å². The number of hydrogen-bond acceptors (Lipinski definition) is 5. The third kappa shape index (κ3) is 7.48. The molecule has 1 saturated heterocycles. The van der Waals surface area contributed by atoms with Crippen molar-refractivity contribution in [3.63, 3.8) is 0 Å². The van der Waals surface area contributed by atoms with Crippen LogP contribution in [0.15, 0.2) is 0 Å². The van der Waals surface area contributed by atoms with E-state index in [0.29, 0.717) is 32.5 Å². The minimum absolute atomic E-state index is 0.0948. The van der Waals surface area contributed by atoms with Crippen LogP contribution in [0.4, 0.5) is 4.79 Å². The van der Waals surface area contributed by atoms with Gasteiger partial charge in [0.05, 0.1) is 6.61 Å². The molecule has 0 aromatic rings. The first-order chi connectivity index (χ1) is 10.6. The molecule has 1 rings (SSSR count). The summed E-state index contributed by atoms with van der Waals surface area (Å²) in [6.07, 6.45) is 0.606. The number of nitrogens with zero attached hydrogens (tertiary/aromatic N) is 1. The molecular weight excluding hydrogens is 298 g/mol. The lowest BCUT2D eigenvalue weighted by atomic mass is 9.91. The number of carbonyl (C=O) groups excluding carboxylic acids is 3. The van der Waals surface area contributed by atoms with E-state index < -0.39 is 11.6 Å². The number of Topliss-reactive ketones (excluding diaryl/α,β-unsaturated/α-hetero) is 1. The van der Waals surface area contributed by atoms with Crippen molar-refractivity contribution in [3.05, 3.63) is 0 Å². The van der Waals surface area contributed by atoms with Crippen LogP contribution in [0.1, 0.15) is 53.9 Å². The normalized spacial score (nSPS) is 16.3. The summed E-state index contributed by atoms with van der Waals surface area (Å²) in [6.45, 7) is 10.7. The van der Waals surface area contributed by atoms with Crippen molar-refractivity contribution in [3.8, 4) is 0 Å². The Bertz CT molecular complexity index is 431. The highest BCUT2D eigenvalue weighted by Crippen LogP contribution is 2.21. The van der Waals surface area contributed by atoms with E-state index in [9.17, 15) is 14.4 Å². The maximum absolute atomic E-state index is 12.1. The molecule has 1 fully saturated rings. The van der Waals surface area contributed by atoms with Crippen LogP contribution in [0.3, 0.4) is 0 Å². The zero-order chi connectivity index (χ0) is 17.6. The summed E-state index contributed by atoms with van der Waals surface area (Å²) in [6, 6.07) is 0. The highest BCUT2D eigenvalue weighted by atomic mass is 16.6. The zero-order valence-electron chi connectivity index (χ0n) is 14.9. The van der Waals surface area contributed by atoms with Crippen molar-refractivity contribution < 1.29 is 23.9 Å². The highest BCUT2D eigenvalue weighted by Gasteiger charge is 2.30. The molecule has 6 heteroatoms. The SMILES string of the molecule is CC(C)COC(=O)CC(=O)C1CCN(C(=O)OC(C)(C)C)CC1. The van der Waals surface area contributed by atoms with E-state index in [4.69, 9.17) is 9.47 Å². The lowest BCUT2D eigenvalue weighted by molar-refractivity contribution is -0.148. The fourth-order valence-corrected chi connectivity index (χ4v) is 2.31. The predicted octanol–water partition coefficient (Wildman–Crippen LogP) is 2.79. The van der Waals surface area contributed by atoms with Gasteiger partial charge in [-0.2, -0.15) is 0 Å². The maximum Gasteiger partial charge on any atom is 0.410 e. The molecule has 6 nitrogen and oxygen atoms in total. The molecule has 0 unspecified atom stereocenters. The van der Waals surface area contributed by atoms with Crippen LogP contribution in [0.5, 0.6) is 0 Å². The molecule has 0 atom stereocenters. The molecular formula is C17H29NO5. The molecule has 1 amide bonds. The smallest absolute Gasteiger partial charge is 0.410 e. The molecule has 0 spiro atoms. The van der Waals surface area contributed by atoms with Crippen LogP contribution < -0.4 is 0 Å². The Morgan fingerprint density at radius 1 is 1.13 bits per heavy atom. The van der Waals surface area contributed by atoms with Gasteiger partial charge in [-0.1, -0.05) is 13.8 Å². The van der Waals surface area contributed by atoms with E-state index in [2.05, 4.69) is 0 Å². The third-order valence-electron chi connectivity index (χ3n) is 3.50. The van der Waals surface area contributed by atoms with Gasteiger partial charge in [-0.25, -0.2) is 4.79 Å². The first-order valence-electron chi connectivity index (χ1n) is 8.24. The van der Waals surface area contributed by atoms with Gasteiger partial charge >= 0.3 is 12.1 Å². The van der Waals surface area contributed by atoms with Crippen molar-refractivity contribution in [1.29, 1.82) is 0 Å². The molecule has 132 valence electrons. The van der Waals surface area contributed by atoms with Crippen LogP contribution in [-0.4, -0.2) is 48.0 Å². The van der Waals surface area contributed by atoms with Crippen LogP contribution >= 0.6 is 0 Å². The standard InChI is InChI=1S/C17H29NO5/c1-12(2)11-22-15(20)10-14(19)13-6-8-18(9-7-13)16(21)23-17(3,4)5/h12-13H,6-11H2,1-5H3. The zero-order valence-corrected chi connectivity index (χ0v) is 14.9. The molecule has 0 saturated carbocycles. The largest absolute Gasteiger partial charge is 0.465 e. The van der Waals surface area contributed by atoms with E-state index in [1.54, 1.807) is 4.90 Å². The molecule has 0 aliphatic carbocycles. The van der Waals surface area contributed by atoms with Gasteiger partial charge in [0.25, 0.3) is 0 Å². The maximum atomic E-state index is 12.1. The van der Waals surface area contributed by atoms with Crippen molar-refractivity contribution in [2.24, 2.45) is 11.8 Å². The number of carbonyl (C=O) groups is 3. The predicted molar refractivity (Wildman–Crippen MR) is 86.0 cm³/mol. The molecule has 0 bridgehead atoms. The van der Waals surface area contributed by atoms with Gasteiger partial charge in [0.15, 0.2) is 0 Å². The van der Waals surface area contributed by atoms with E-state index in [1.165, 1.54) is 0 Å². The number of hydrogen-bond donors (Lipinski definition) is 0. The Kier molecular flexibility index (Phi) is 7.03. The van der Waals surface area contributed by atoms with E-state index in [0.717, 1.165) is 0 Å². The van der Waals surface area contributed by atoms with Gasteiger partial charge in [-0.3, -0.25) is 9.59 Å². The second-order valence-corrected chi connectivity index (χ2v) is 7.46. The average molecular weight is 327 g/mol. The van der Waals surface area contributed by atoms with Crippen LogP contribution in [0.25, 0.3) is 0 Å². The van der Waals surface area contributed by atoms with Gasteiger partial charge < -0.3 is 14.4 Å². The Morgan fingerprint density at radius 2 is 1.70 bits per heavy atom. The van der Waals surface area contributed by atoms with E-state index in [-0.39, 0.29) is 30.1 Å².